The van der Waals surface area contributed by atoms with Crippen molar-refractivity contribution in [2.75, 3.05) is 21.3 Å². The molecule has 2 aliphatic carbocycles. The van der Waals surface area contributed by atoms with Crippen molar-refractivity contribution in [3.63, 3.8) is 0 Å². The standard InChI is InChI=1S/C14H19NO4.C13H17NO4/c1-17-12-8-11(14(16)18-2)15-9-13(12)19-10-6-4-3-5-7-10;1-17-11-7-10(13(15)16)14-8-12(11)18-9-5-3-2-4-6-9/h8-10H,3-7H2,1-2H3;7-9H,2-6H2,1H3,(H,15,16). The summed E-state index contributed by atoms with van der Waals surface area (Å²) in [5, 5.41) is 8.86. The summed E-state index contributed by atoms with van der Waals surface area (Å²) in [6.07, 6.45) is 14.8. The van der Waals surface area contributed by atoms with E-state index in [1.165, 1.54) is 71.2 Å². The summed E-state index contributed by atoms with van der Waals surface area (Å²) >= 11 is 0. The average Bonchev–Trinajstić information content (AvgIpc) is 2.94. The number of carboxylic acid groups (broad SMARTS) is 1. The Morgan fingerprint density at radius 1 is 0.703 bits per heavy atom. The van der Waals surface area contributed by atoms with Crippen LogP contribution in [0.3, 0.4) is 0 Å². The van der Waals surface area contributed by atoms with Gasteiger partial charge in [0.25, 0.3) is 0 Å². The minimum atomic E-state index is -1.07. The Balaban J connectivity index is 0.000000206. The molecule has 0 spiro atoms. The second-order valence-corrected chi connectivity index (χ2v) is 8.99. The zero-order valence-corrected chi connectivity index (χ0v) is 21.7. The van der Waals surface area contributed by atoms with Crippen LogP contribution in [0.15, 0.2) is 24.5 Å². The molecule has 2 aliphatic rings. The topological polar surface area (TPSA) is 126 Å². The van der Waals surface area contributed by atoms with Crippen molar-refractivity contribution < 1.29 is 38.4 Å². The van der Waals surface area contributed by atoms with Crippen molar-refractivity contribution in [2.45, 2.75) is 76.4 Å². The number of nitrogens with zero attached hydrogens (tertiary/aromatic N) is 2. The van der Waals surface area contributed by atoms with Gasteiger partial charge in [0, 0.05) is 12.1 Å². The second-order valence-electron chi connectivity index (χ2n) is 8.99. The van der Waals surface area contributed by atoms with Gasteiger partial charge in [0.05, 0.1) is 45.9 Å². The number of hydrogen-bond donors (Lipinski definition) is 1. The van der Waals surface area contributed by atoms with Gasteiger partial charge in [0.15, 0.2) is 34.4 Å². The van der Waals surface area contributed by atoms with Gasteiger partial charge >= 0.3 is 11.9 Å². The molecule has 0 atom stereocenters. The van der Waals surface area contributed by atoms with Crippen LogP contribution in [0.2, 0.25) is 0 Å². The molecule has 0 bridgehead atoms. The number of ether oxygens (including phenoxy) is 5. The first kappa shape index (κ1) is 28.0. The maximum absolute atomic E-state index is 11.4. The molecule has 0 unspecified atom stereocenters. The highest BCUT2D eigenvalue weighted by atomic mass is 16.5. The highest BCUT2D eigenvalue weighted by Gasteiger charge is 2.20. The van der Waals surface area contributed by atoms with Crippen molar-refractivity contribution in [1.82, 2.24) is 9.97 Å². The van der Waals surface area contributed by atoms with Crippen LogP contribution in [-0.4, -0.2) is 60.6 Å². The lowest BCUT2D eigenvalue weighted by Crippen LogP contribution is -2.20. The summed E-state index contributed by atoms with van der Waals surface area (Å²) in [5.74, 6) is 0.491. The molecule has 37 heavy (non-hydrogen) atoms. The first-order valence-corrected chi connectivity index (χ1v) is 12.7. The SMILES string of the molecule is COC(=O)c1cc(OC)c(OC2CCCCC2)cn1.COc1cc(C(=O)O)ncc1OC1CCCCC1. The Labute approximate surface area is 217 Å². The minimum absolute atomic E-state index is 0.0390. The normalized spacial score (nSPS) is 16.1. The smallest absolute Gasteiger partial charge is 0.356 e. The molecule has 0 aromatic carbocycles. The molecule has 1 N–H and O–H groups in total. The Hall–Kier alpha value is -3.56. The summed E-state index contributed by atoms with van der Waals surface area (Å²) in [5.41, 5.74) is 0.179. The maximum Gasteiger partial charge on any atom is 0.356 e. The maximum atomic E-state index is 11.4. The molecule has 202 valence electrons. The quantitative estimate of drug-likeness (QED) is 0.474. The zero-order valence-electron chi connectivity index (χ0n) is 21.7. The van der Waals surface area contributed by atoms with Gasteiger partial charge in [0.1, 0.15) is 0 Å². The van der Waals surface area contributed by atoms with Crippen molar-refractivity contribution in [3.05, 3.63) is 35.9 Å². The molecule has 2 aromatic rings. The Kier molecular flexibility index (Phi) is 10.8. The number of pyridine rings is 2. The van der Waals surface area contributed by atoms with E-state index in [2.05, 4.69) is 14.7 Å². The molecule has 10 heteroatoms. The van der Waals surface area contributed by atoms with Crippen LogP contribution < -0.4 is 18.9 Å². The van der Waals surface area contributed by atoms with Crippen molar-refractivity contribution in [3.8, 4) is 23.0 Å². The van der Waals surface area contributed by atoms with E-state index in [9.17, 15) is 9.59 Å². The van der Waals surface area contributed by atoms with Crippen molar-refractivity contribution in [2.24, 2.45) is 0 Å². The Morgan fingerprint density at radius 2 is 1.14 bits per heavy atom. The lowest BCUT2D eigenvalue weighted by atomic mass is 9.98. The van der Waals surface area contributed by atoms with Crippen molar-refractivity contribution >= 4 is 11.9 Å². The van der Waals surface area contributed by atoms with Gasteiger partial charge in [-0.05, 0) is 51.4 Å². The van der Waals surface area contributed by atoms with Gasteiger partial charge in [-0.2, -0.15) is 0 Å². The van der Waals surface area contributed by atoms with Crippen LogP contribution in [0.4, 0.5) is 0 Å². The molecule has 0 radical (unpaired) electrons. The van der Waals surface area contributed by atoms with E-state index in [-0.39, 0.29) is 23.6 Å². The summed E-state index contributed by atoms with van der Waals surface area (Å²) in [7, 11) is 4.36. The zero-order chi connectivity index (χ0) is 26.6. The van der Waals surface area contributed by atoms with Crippen molar-refractivity contribution in [1.29, 1.82) is 0 Å². The molecule has 0 aliphatic heterocycles. The molecule has 2 aromatic heterocycles. The third-order valence-corrected chi connectivity index (χ3v) is 6.41. The lowest BCUT2D eigenvalue weighted by Gasteiger charge is -2.23. The molecular formula is C27H36N2O8. The predicted octanol–water partition coefficient (Wildman–Crippen LogP) is 5.09. The average molecular weight is 517 g/mol. The summed E-state index contributed by atoms with van der Waals surface area (Å²) in [6.45, 7) is 0. The largest absolute Gasteiger partial charge is 0.493 e. The number of methoxy groups -OCH3 is 3. The number of aromatic nitrogens is 2. The van der Waals surface area contributed by atoms with Gasteiger partial charge in [0.2, 0.25) is 0 Å². The number of rotatable bonds is 8. The van der Waals surface area contributed by atoms with E-state index in [1.807, 2.05) is 0 Å². The van der Waals surface area contributed by atoms with Crippen LogP contribution in [0.5, 0.6) is 23.0 Å². The van der Waals surface area contributed by atoms with Crippen LogP contribution in [-0.2, 0) is 4.74 Å². The predicted molar refractivity (Wildman–Crippen MR) is 135 cm³/mol. The molecule has 2 heterocycles. The fraction of sp³-hybridized carbons (Fsp3) is 0.556. The van der Waals surface area contributed by atoms with E-state index in [4.69, 9.17) is 24.1 Å². The summed E-state index contributed by atoms with van der Waals surface area (Å²) in [6, 6.07) is 2.94. The van der Waals surface area contributed by atoms with E-state index >= 15 is 0 Å². The Bertz CT molecular complexity index is 1030. The molecule has 2 saturated carbocycles. The third kappa shape index (κ3) is 8.23. The first-order valence-electron chi connectivity index (χ1n) is 12.7. The second kappa shape index (κ2) is 14.2. The van der Waals surface area contributed by atoms with Crippen LogP contribution in [0.1, 0.15) is 85.2 Å². The number of esters is 1. The van der Waals surface area contributed by atoms with E-state index < -0.39 is 11.9 Å². The first-order chi connectivity index (χ1) is 17.9. The third-order valence-electron chi connectivity index (χ3n) is 6.41. The van der Waals surface area contributed by atoms with Crippen LogP contribution in [0.25, 0.3) is 0 Å². The van der Waals surface area contributed by atoms with Gasteiger partial charge in [-0.15, -0.1) is 0 Å². The van der Waals surface area contributed by atoms with Gasteiger partial charge < -0.3 is 28.8 Å². The van der Waals surface area contributed by atoms with E-state index in [1.54, 1.807) is 13.2 Å². The molecular weight excluding hydrogens is 480 g/mol. The Morgan fingerprint density at radius 3 is 1.54 bits per heavy atom. The van der Waals surface area contributed by atoms with Crippen LogP contribution >= 0.6 is 0 Å². The van der Waals surface area contributed by atoms with E-state index in [0.29, 0.717) is 23.0 Å². The molecule has 0 saturated heterocycles. The number of aromatic carboxylic acids is 1. The summed E-state index contributed by atoms with van der Waals surface area (Å²) < 4.78 is 26.8. The lowest BCUT2D eigenvalue weighted by molar-refractivity contribution is 0.0592. The monoisotopic (exact) mass is 516 g/mol. The van der Waals surface area contributed by atoms with Gasteiger partial charge in [-0.25, -0.2) is 19.6 Å². The minimum Gasteiger partial charge on any atom is -0.493 e. The molecule has 10 nitrogen and oxygen atoms in total. The number of hydrogen-bond acceptors (Lipinski definition) is 9. The van der Waals surface area contributed by atoms with Gasteiger partial charge in [-0.3, -0.25) is 0 Å². The fourth-order valence-electron chi connectivity index (χ4n) is 4.40. The van der Waals surface area contributed by atoms with E-state index in [0.717, 1.165) is 25.7 Å². The number of carbonyl (C=O) groups excluding carboxylic acids is 1. The molecule has 0 amide bonds. The molecule has 4 rings (SSSR count). The number of carbonyl (C=O) groups is 2. The highest BCUT2D eigenvalue weighted by molar-refractivity contribution is 5.87. The van der Waals surface area contributed by atoms with Crippen LogP contribution in [0, 0.1) is 0 Å². The highest BCUT2D eigenvalue weighted by Crippen LogP contribution is 2.32. The van der Waals surface area contributed by atoms with Gasteiger partial charge in [-0.1, -0.05) is 12.8 Å². The fourth-order valence-corrected chi connectivity index (χ4v) is 4.40. The molecule has 2 fully saturated rings. The summed E-state index contributed by atoms with van der Waals surface area (Å²) in [4.78, 5) is 30.1. The number of carboxylic acids is 1.